The molecule has 0 saturated carbocycles. The Morgan fingerprint density at radius 2 is 1.43 bits per heavy atom. The number of phenolic OH excluding ortho intramolecular Hbond substituents is 1. The summed E-state index contributed by atoms with van der Waals surface area (Å²) in [7, 11) is -0.494. The van der Waals surface area contributed by atoms with Gasteiger partial charge < -0.3 is 42.2 Å². The first kappa shape index (κ1) is 33.8. The molecule has 1 heterocycles. The maximum atomic E-state index is 12.6. The van der Waals surface area contributed by atoms with E-state index in [0.717, 1.165) is 5.56 Å². The van der Waals surface area contributed by atoms with E-state index in [0.29, 0.717) is 61.9 Å². The molecule has 1 aromatic heterocycles. The van der Waals surface area contributed by atoms with Crippen molar-refractivity contribution in [1.29, 1.82) is 0 Å². The van der Waals surface area contributed by atoms with Gasteiger partial charge in [0.2, 0.25) is 23.8 Å². The number of aromatic hydroxyl groups is 1. The van der Waals surface area contributed by atoms with Crippen molar-refractivity contribution in [3.05, 3.63) is 90.0 Å². The average molecular weight is 645 g/mol. The lowest BCUT2D eigenvalue weighted by Crippen LogP contribution is -2.43. The van der Waals surface area contributed by atoms with Crippen LogP contribution in [-0.2, 0) is 16.1 Å². The smallest absolute Gasteiger partial charge is 0.251 e. The van der Waals surface area contributed by atoms with E-state index in [1.807, 2.05) is 37.0 Å². The van der Waals surface area contributed by atoms with Crippen molar-refractivity contribution in [1.82, 2.24) is 25.6 Å². The van der Waals surface area contributed by atoms with Crippen molar-refractivity contribution in [2.75, 3.05) is 55.1 Å². The molecule has 4 aromatic rings. The minimum Gasteiger partial charge on any atom is -0.508 e. The molecule has 0 aliphatic heterocycles. The first-order valence-electron chi connectivity index (χ1n) is 14.6. The van der Waals surface area contributed by atoms with Crippen LogP contribution in [0, 0.1) is 0 Å². The van der Waals surface area contributed by atoms with Crippen molar-refractivity contribution in [3.63, 3.8) is 0 Å². The van der Waals surface area contributed by atoms with Gasteiger partial charge in [0.05, 0.1) is 33.7 Å². The van der Waals surface area contributed by atoms with Crippen molar-refractivity contribution in [2.24, 2.45) is 5.73 Å². The number of carbonyl (C=O) groups excluding carboxylic acids is 2. The monoisotopic (exact) mass is 644 g/mol. The molecule has 3 aromatic carbocycles. The number of hydrogen-bond acceptors (Lipinski definition) is 11. The maximum absolute atomic E-state index is 12.6. The first-order chi connectivity index (χ1) is 22.2. The van der Waals surface area contributed by atoms with E-state index in [-0.39, 0.29) is 29.5 Å². The molecule has 0 aliphatic carbocycles. The number of nitrogens with one attached hydrogen (secondary N) is 5. The topological polar surface area (TPSA) is 188 Å². The fourth-order valence-electron chi connectivity index (χ4n) is 4.09. The molecule has 0 bridgehead atoms. The second-order valence-corrected chi connectivity index (χ2v) is 12.4. The highest BCUT2D eigenvalue weighted by molar-refractivity contribution is 7.55. The van der Waals surface area contributed by atoms with E-state index in [9.17, 15) is 14.7 Å². The Kier molecular flexibility index (Phi) is 12.8. The van der Waals surface area contributed by atoms with Crippen LogP contribution in [0.4, 0.5) is 29.2 Å². The number of nitrogens with zero attached hydrogens (tertiary/aromatic N) is 3. The molecule has 0 saturated heterocycles. The Bertz CT molecular complexity index is 1590. The third-order valence-corrected chi connectivity index (χ3v) is 7.40. The number of anilines is 5. The summed E-state index contributed by atoms with van der Waals surface area (Å²) < 4.78 is 5.62. The molecule has 8 N–H and O–H groups in total. The zero-order chi connectivity index (χ0) is 32.7. The Morgan fingerprint density at radius 3 is 2.07 bits per heavy atom. The molecule has 13 nitrogen and oxygen atoms in total. The minimum atomic E-state index is -0.561. The highest BCUT2D eigenvalue weighted by atomic mass is 31.1. The molecule has 0 spiro atoms. The Morgan fingerprint density at radius 1 is 0.848 bits per heavy atom. The third kappa shape index (κ3) is 11.4. The Balaban J connectivity index is 1.33. The number of aromatic nitrogens is 3. The van der Waals surface area contributed by atoms with Crippen LogP contribution in [0.15, 0.2) is 78.9 Å². The van der Waals surface area contributed by atoms with Gasteiger partial charge in [-0.1, -0.05) is 30.3 Å². The van der Waals surface area contributed by atoms with Crippen molar-refractivity contribution < 1.29 is 19.4 Å². The molecule has 14 heteroatoms. The third-order valence-electron chi connectivity index (χ3n) is 6.38. The largest absolute Gasteiger partial charge is 0.508 e. The number of benzene rings is 3. The van der Waals surface area contributed by atoms with E-state index in [4.69, 9.17) is 10.5 Å². The summed E-state index contributed by atoms with van der Waals surface area (Å²) in [4.78, 5) is 38.0. The second kappa shape index (κ2) is 17.4. The highest BCUT2D eigenvalue weighted by Gasteiger charge is 2.17. The van der Waals surface area contributed by atoms with Gasteiger partial charge in [-0.25, -0.2) is 0 Å². The molecular weight excluding hydrogens is 605 g/mol. The molecule has 0 radical (unpaired) electrons. The lowest BCUT2D eigenvalue weighted by Gasteiger charge is -2.12. The summed E-state index contributed by atoms with van der Waals surface area (Å²) in [6.45, 7) is 3.81. The number of nitrogens with two attached hydrogens (primary N) is 1. The van der Waals surface area contributed by atoms with E-state index in [1.54, 1.807) is 48.5 Å². The van der Waals surface area contributed by atoms with Crippen LogP contribution < -0.4 is 32.3 Å². The average Bonchev–Trinajstić information content (AvgIpc) is 3.04. The van der Waals surface area contributed by atoms with Crippen molar-refractivity contribution in [2.45, 2.75) is 12.6 Å². The molecule has 0 aliphatic rings. The number of carbonyl (C=O) groups is 2. The zero-order valence-corrected chi connectivity index (χ0v) is 26.5. The van der Waals surface area contributed by atoms with Crippen molar-refractivity contribution in [3.8, 4) is 5.75 Å². The number of phenols is 1. The zero-order valence-electron chi connectivity index (χ0n) is 25.6. The van der Waals surface area contributed by atoms with Crippen molar-refractivity contribution >= 4 is 54.9 Å². The second-order valence-electron chi connectivity index (χ2n) is 10.3. The fraction of sp³-hybridized carbons (Fsp3) is 0.250. The summed E-state index contributed by atoms with van der Waals surface area (Å²) in [6.07, 6.45) is 4.50. The molecule has 2 amide bonds. The highest BCUT2D eigenvalue weighted by Crippen LogP contribution is 2.21. The van der Waals surface area contributed by atoms with Gasteiger partial charge in [-0.05, 0) is 54.1 Å². The predicted octanol–water partition coefficient (Wildman–Crippen LogP) is 3.41. The Hall–Kier alpha value is -5.10. The van der Waals surface area contributed by atoms with Gasteiger partial charge in [0.1, 0.15) is 18.0 Å². The number of rotatable bonds is 17. The molecule has 46 heavy (non-hydrogen) atoms. The fourth-order valence-corrected chi connectivity index (χ4v) is 4.93. The van der Waals surface area contributed by atoms with Gasteiger partial charge in [-0.15, -0.1) is 0 Å². The van der Waals surface area contributed by atoms with Gasteiger partial charge in [0.15, 0.2) is 0 Å². The van der Waals surface area contributed by atoms with Gasteiger partial charge in [0, 0.05) is 36.6 Å². The van der Waals surface area contributed by atoms with E-state index < -0.39 is 13.6 Å². The van der Waals surface area contributed by atoms with Crippen LogP contribution in [0.2, 0.25) is 0 Å². The molecule has 240 valence electrons. The number of ether oxygens (including phenoxy) is 1. The van der Waals surface area contributed by atoms with Crippen LogP contribution in [0.3, 0.4) is 0 Å². The first-order valence-corrected chi connectivity index (χ1v) is 16.8. The molecule has 2 unspecified atom stereocenters. The minimum absolute atomic E-state index is 0.138. The summed E-state index contributed by atoms with van der Waals surface area (Å²) in [6, 6.07) is 22.6. The summed E-state index contributed by atoms with van der Waals surface area (Å²) >= 11 is 0. The van der Waals surface area contributed by atoms with Gasteiger partial charge in [0.25, 0.3) is 5.91 Å². The number of amides is 2. The summed E-state index contributed by atoms with van der Waals surface area (Å²) in [5, 5.41) is 24.7. The summed E-state index contributed by atoms with van der Waals surface area (Å²) in [5.41, 5.74) is 8.75. The van der Waals surface area contributed by atoms with Gasteiger partial charge in [-0.2, -0.15) is 15.0 Å². The summed E-state index contributed by atoms with van der Waals surface area (Å²) in [5.74, 6) is 0.570. The van der Waals surface area contributed by atoms with E-state index in [2.05, 4.69) is 47.8 Å². The lowest BCUT2D eigenvalue weighted by atomic mass is 10.2. The standard InChI is InChI=1S/C32H38N9O4P/c1-46(2)21-27(33)29(44)34-16-18-45-19-17-35-30-39-31(41-32(40-30)38-25-12-14-26(42)15-13-25)37-24-10-8-23(9-11-24)28(43)36-20-22-6-4-3-5-7-22/h3-15,27H,1,16-21,33H2,2H3,(H5-,34,35,36,37,38,39,40,41,42,43,44)/p+1. The van der Waals surface area contributed by atoms with Crippen LogP contribution in [0.5, 0.6) is 5.75 Å². The molecular formula is C32H39N9O4P+. The SMILES string of the molecule is C=[P+](C)CC(N)C(=O)NCCOCCNc1nc(Nc2ccc(O)cc2)nc(Nc2ccc(C(=O)NCc3ccccc3)cc2)n1. The normalized spacial score (nSPS) is 11.7. The van der Waals surface area contributed by atoms with Crippen LogP contribution in [0.1, 0.15) is 15.9 Å². The lowest BCUT2D eigenvalue weighted by molar-refractivity contribution is -0.122. The van der Waals surface area contributed by atoms with Crippen LogP contribution >= 0.6 is 7.55 Å². The molecule has 2 atom stereocenters. The molecule has 0 fully saturated rings. The Labute approximate surface area is 268 Å². The quantitative estimate of drug-likeness (QED) is 0.0507. The molecule has 4 rings (SSSR count). The van der Waals surface area contributed by atoms with Crippen LogP contribution in [0.25, 0.3) is 0 Å². The van der Waals surface area contributed by atoms with E-state index >= 15 is 0 Å². The van der Waals surface area contributed by atoms with E-state index in [1.165, 1.54) is 0 Å². The number of hydrogen-bond donors (Lipinski definition) is 7. The van der Waals surface area contributed by atoms with Gasteiger partial charge >= 0.3 is 0 Å². The maximum Gasteiger partial charge on any atom is 0.251 e. The van der Waals surface area contributed by atoms with Gasteiger partial charge in [-0.3, -0.25) is 9.59 Å². The predicted molar refractivity (Wildman–Crippen MR) is 184 cm³/mol. The van der Waals surface area contributed by atoms with Crippen LogP contribution in [-0.4, -0.2) is 83.3 Å².